The highest BCUT2D eigenvalue weighted by Crippen LogP contribution is 2.31. The van der Waals surface area contributed by atoms with Crippen molar-refractivity contribution >= 4 is 15.9 Å². The monoisotopic (exact) mass is 307 g/mol. The van der Waals surface area contributed by atoms with Crippen molar-refractivity contribution in [1.29, 1.82) is 0 Å². The minimum Gasteiger partial charge on any atom is -0.323 e. The lowest BCUT2D eigenvalue weighted by molar-refractivity contribution is 0.539. The summed E-state index contributed by atoms with van der Waals surface area (Å²) in [5.41, 5.74) is 7.84. The summed E-state index contributed by atoms with van der Waals surface area (Å²) < 4.78 is 14.6. The third-order valence-corrected chi connectivity index (χ3v) is 3.67. The molecule has 0 bridgehead atoms. The summed E-state index contributed by atoms with van der Waals surface area (Å²) in [6.07, 6.45) is 0. The average molecular weight is 308 g/mol. The quantitative estimate of drug-likeness (QED) is 0.894. The molecular weight excluding hydrogens is 293 g/mol. The summed E-state index contributed by atoms with van der Waals surface area (Å²) in [6.45, 7) is 2.01. The molecular formula is C15H15BrFN. The fourth-order valence-corrected chi connectivity index (χ4v) is 2.38. The van der Waals surface area contributed by atoms with Crippen molar-refractivity contribution in [3.63, 3.8) is 0 Å². The Morgan fingerprint density at radius 2 is 1.78 bits per heavy atom. The summed E-state index contributed by atoms with van der Waals surface area (Å²) in [6, 6.07) is 14.4. The molecule has 18 heavy (non-hydrogen) atoms. The van der Waals surface area contributed by atoms with E-state index < -0.39 is 0 Å². The van der Waals surface area contributed by atoms with Crippen LogP contribution in [0.3, 0.4) is 0 Å². The first-order valence-corrected chi connectivity index (χ1v) is 6.64. The highest BCUT2D eigenvalue weighted by atomic mass is 79.9. The van der Waals surface area contributed by atoms with E-state index in [-0.39, 0.29) is 17.8 Å². The Bertz CT molecular complexity index is 527. The molecule has 2 N–H and O–H groups in total. The molecule has 0 aliphatic rings. The Labute approximate surface area is 115 Å². The lowest BCUT2D eigenvalue weighted by Crippen LogP contribution is -2.19. The summed E-state index contributed by atoms with van der Waals surface area (Å²) in [7, 11) is 0. The van der Waals surface area contributed by atoms with Gasteiger partial charge in [0.1, 0.15) is 5.82 Å². The Morgan fingerprint density at radius 1 is 1.11 bits per heavy atom. The third kappa shape index (κ3) is 2.79. The van der Waals surface area contributed by atoms with Gasteiger partial charge in [0.2, 0.25) is 0 Å². The van der Waals surface area contributed by atoms with E-state index >= 15 is 0 Å². The maximum absolute atomic E-state index is 13.8. The van der Waals surface area contributed by atoms with Crippen molar-refractivity contribution in [2.24, 2.45) is 5.73 Å². The summed E-state index contributed by atoms with van der Waals surface area (Å²) in [4.78, 5) is 0. The van der Waals surface area contributed by atoms with Crippen LogP contribution in [0.5, 0.6) is 0 Å². The van der Waals surface area contributed by atoms with Gasteiger partial charge in [0, 0.05) is 22.0 Å². The van der Waals surface area contributed by atoms with Crippen LogP contribution in [-0.4, -0.2) is 0 Å². The van der Waals surface area contributed by atoms with Crippen LogP contribution >= 0.6 is 15.9 Å². The molecule has 0 aliphatic carbocycles. The van der Waals surface area contributed by atoms with Crippen molar-refractivity contribution in [3.05, 3.63) is 69.9 Å². The van der Waals surface area contributed by atoms with E-state index in [9.17, 15) is 4.39 Å². The third-order valence-electron chi connectivity index (χ3n) is 3.18. The van der Waals surface area contributed by atoms with Gasteiger partial charge in [-0.15, -0.1) is 0 Å². The molecule has 0 saturated heterocycles. The van der Waals surface area contributed by atoms with E-state index in [1.165, 1.54) is 6.07 Å². The number of hydrogen-bond acceptors (Lipinski definition) is 1. The molecule has 94 valence electrons. The molecule has 0 radical (unpaired) electrons. The lowest BCUT2D eigenvalue weighted by atomic mass is 9.89. The maximum Gasteiger partial charge on any atom is 0.128 e. The normalized spacial score (nSPS) is 14.2. The van der Waals surface area contributed by atoms with Gasteiger partial charge in [0.05, 0.1) is 0 Å². The Balaban J connectivity index is 2.31. The Kier molecular flexibility index (Phi) is 4.15. The second-order valence-electron chi connectivity index (χ2n) is 4.39. The van der Waals surface area contributed by atoms with Gasteiger partial charge in [-0.2, -0.15) is 0 Å². The highest BCUT2D eigenvalue weighted by molar-refractivity contribution is 9.10. The zero-order valence-corrected chi connectivity index (χ0v) is 11.7. The van der Waals surface area contributed by atoms with Gasteiger partial charge in [-0.05, 0) is 23.8 Å². The van der Waals surface area contributed by atoms with Gasteiger partial charge in [0.25, 0.3) is 0 Å². The van der Waals surface area contributed by atoms with Gasteiger partial charge in [-0.25, -0.2) is 4.39 Å². The predicted octanol–water partition coefficient (Wildman–Crippen LogP) is 4.39. The Morgan fingerprint density at radius 3 is 2.44 bits per heavy atom. The van der Waals surface area contributed by atoms with Crippen LogP contribution in [0.25, 0.3) is 0 Å². The fraction of sp³-hybridized carbons (Fsp3) is 0.200. The van der Waals surface area contributed by atoms with Crippen LogP contribution in [0, 0.1) is 5.82 Å². The van der Waals surface area contributed by atoms with Gasteiger partial charge in [0.15, 0.2) is 0 Å². The number of rotatable bonds is 3. The minimum atomic E-state index is -0.357. The topological polar surface area (TPSA) is 26.0 Å². The van der Waals surface area contributed by atoms with E-state index in [0.29, 0.717) is 5.56 Å². The molecule has 0 aromatic heterocycles. The molecule has 0 fully saturated rings. The van der Waals surface area contributed by atoms with E-state index in [2.05, 4.69) is 15.9 Å². The van der Waals surface area contributed by atoms with E-state index in [1.54, 1.807) is 12.1 Å². The minimum absolute atomic E-state index is 0.0648. The molecule has 2 aromatic carbocycles. The van der Waals surface area contributed by atoms with Crippen molar-refractivity contribution in [1.82, 2.24) is 0 Å². The summed E-state index contributed by atoms with van der Waals surface area (Å²) in [5.74, 6) is -0.191. The van der Waals surface area contributed by atoms with E-state index in [1.807, 2.05) is 37.3 Å². The van der Waals surface area contributed by atoms with Gasteiger partial charge >= 0.3 is 0 Å². The first kappa shape index (κ1) is 13.2. The first-order valence-electron chi connectivity index (χ1n) is 5.85. The largest absolute Gasteiger partial charge is 0.323 e. The molecule has 0 heterocycles. The molecule has 0 saturated carbocycles. The molecule has 0 aliphatic heterocycles. The number of halogens is 2. The van der Waals surface area contributed by atoms with E-state index in [0.717, 1.165) is 10.0 Å². The van der Waals surface area contributed by atoms with Gasteiger partial charge in [-0.3, -0.25) is 0 Å². The maximum atomic E-state index is 13.8. The smallest absolute Gasteiger partial charge is 0.128 e. The zero-order chi connectivity index (χ0) is 13.1. The molecule has 0 amide bonds. The SMILES string of the molecule is CC(c1ccccc1)C(N)c1cc(Br)ccc1F. The Hall–Kier alpha value is -1.19. The average Bonchev–Trinajstić information content (AvgIpc) is 2.41. The van der Waals surface area contributed by atoms with Crippen LogP contribution < -0.4 is 5.73 Å². The molecule has 1 nitrogen and oxygen atoms in total. The van der Waals surface area contributed by atoms with Crippen LogP contribution in [0.2, 0.25) is 0 Å². The number of hydrogen-bond donors (Lipinski definition) is 1. The van der Waals surface area contributed by atoms with E-state index in [4.69, 9.17) is 5.73 Å². The van der Waals surface area contributed by atoms with Crippen molar-refractivity contribution in [2.75, 3.05) is 0 Å². The first-order chi connectivity index (χ1) is 8.59. The molecule has 2 aromatic rings. The van der Waals surface area contributed by atoms with Crippen LogP contribution in [0.4, 0.5) is 4.39 Å². The lowest BCUT2D eigenvalue weighted by Gasteiger charge is -2.21. The van der Waals surface area contributed by atoms with Crippen molar-refractivity contribution in [2.45, 2.75) is 18.9 Å². The van der Waals surface area contributed by atoms with Crippen molar-refractivity contribution < 1.29 is 4.39 Å². The second-order valence-corrected chi connectivity index (χ2v) is 5.31. The summed E-state index contributed by atoms with van der Waals surface area (Å²) in [5, 5.41) is 0. The zero-order valence-electron chi connectivity index (χ0n) is 10.1. The van der Waals surface area contributed by atoms with Crippen LogP contribution in [-0.2, 0) is 0 Å². The molecule has 3 heteroatoms. The molecule has 0 spiro atoms. The number of benzene rings is 2. The molecule has 2 rings (SSSR count). The van der Waals surface area contributed by atoms with Gasteiger partial charge in [-0.1, -0.05) is 53.2 Å². The highest BCUT2D eigenvalue weighted by Gasteiger charge is 2.19. The van der Waals surface area contributed by atoms with Gasteiger partial charge < -0.3 is 5.73 Å². The van der Waals surface area contributed by atoms with Crippen LogP contribution in [0.1, 0.15) is 30.0 Å². The standard InChI is InChI=1S/C15H15BrFN/c1-10(11-5-3-2-4-6-11)15(18)13-9-12(16)7-8-14(13)17/h2-10,15H,18H2,1H3. The molecule has 2 unspecified atom stereocenters. The summed E-state index contributed by atoms with van der Waals surface area (Å²) >= 11 is 3.35. The second kappa shape index (κ2) is 5.63. The van der Waals surface area contributed by atoms with Crippen molar-refractivity contribution in [3.8, 4) is 0 Å². The predicted molar refractivity (Wildman–Crippen MR) is 75.9 cm³/mol. The van der Waals surface area contributed by atoms with Crippen LogP contribution in [0.15, 0.2) is 53.0 Å². The number of nitrogens with two attached hydrogens (primary N) is 1. The fourth-order valence-electron chi connectivity index (χ4n) is 2.00. The molecule has 2 atom stereocenters.